The third kappa shape index (κ3) is 46.9. The van der Waals surface area contributed by atoms with E-state index >= 15 is 0 Å². The van der Waals surface area contributed by atoms with Gasteiger partial charge >= 0.3 is 23.1 Å². The normalized spacial score (nSPS) is 0. The monoisotopic (exact) mass is 248 g/mol. The molecule has 0 spiro atoms. The molecule has 0 rings (SSSR count). The molecule has 0 saturated heterocycles. The van der Waals surface area contributed by atoms with Gasteiger partial charge in [-0.3, -0.25) is 0 Å². The molecule has 0 aromatic carbocycles. The summed E-state index contributed by atoms with van der Waals surface area (Å²) in [6.07, 6.45) is 0. The summed E-state index contributed by atoms with van der Waals surface area (Å²) < 4.78 is 0. The fourth-order valence-corrected chi connectivity index (χ4v) is 0. The van der Waals surface area contributed by atoms with Crippen LogP contribution in [0.1, 0.15) is 0 Å². The molecular weight excluding hydrogens is 241 g/mol. The van der Waals surface area contributed by atoms with E-state index in [9.17, 15) is 0 Å². The predicted octanol–water partition coefficient (Wildman–Crippen LogP) is -0.415. The first-order valence-corrected chi connectivity index (χ1v) is 0. The second-order valence-electron chi connectivity index (χ2n) is 0. The van der Waals surface area contributed by atoms with Gasteiger partial charge in [0.25, 0.3) is 0 Å². The minimum Gasteiger partial charge on any atom is -0.147 e. The summed E-state index contributed by atoms with van der Waals surface area (Å²) >= 11 is 0. The molecular formula is H9AlCl4MgTi. The van der Waals surface area contributed by atoms with E-state index in [0.29, 0.717) is 0 Å². The van der Waals surface area contributed by atoms with E-state index in [1.165, 1.54) is 0 Å². The van der Waals surface area contributed by atoms with Crippen LogP contribution in [-0.4, -0.2) is 40.4 Å². The van der Waals surface area contributed by atoms with Crippen LogP contribution in [0.15, 0.2) is 0 Å². The molecule has 0 amide bonds. The summed E-state index contributed by atoms with van der Waals surface area (Å²) in [5.74, 6) is 0. The van der Waals surface area contributed by atoms with E-state index in [4.69, 9.17) is 0 Å². The first-order valence-electron chi connectivity index (χ1n) is 0. The molecule has 0 aromatic rings. The third-order valence-corrected chi connectivity index (χ3v) is 0. The van der Waals surface area contributed by atoms with Gasteiger partial charge in [-0.15, -0.1) is 49.6 Å². The summed E-state index contributed by atoms with van der Waals surface area (Å²) in [6.45, 7) is 0. The van der Waals surface area contributed by atoms with Gasteiger partial charge in [0, 0.05) is 21.7 Å². The van der Waals surface area contributed by atoms with Gasteiger partial charge in [-0.25, -0.2) is 0 Å². The van der Waals surface area contributed by atoms with E-state index < -0.39 is 0 Å². The van der Waals surface area contributed by atoms with E-state index in [2.05, 4.69) is 0 Å². The molecule has 0 fully saturated rings. The molecule has 0 aliphatic rings. The quantitative estimate of drug-likeness (QED) is 0.512. The first kappa shape index (κ1) is 85.0. The summed E-state index contributed by atoms with van der Waals surface area (Å²) in [6, 6.07) is 0. The van der Waals surface area contributed by atoms with Crippen LogP contribution in [0, 0.1) is 0 Å². The maximum atomic E-state index is 0. The molecule has 0 bridgehead atoms. The van der Waals surface area contributed by atoms with Crippen molar-refractivity contribution in [2.24, 2.45) is 0 Å². The van der Waals surface area contributed by atoms with Crippen LogP contribution in [0.2, 0.25) is 0 Å². The minimum absolute atomic E-state index is 0. The number of halogens is 4. The van der Waals surface area contributed by atoms with Crippen molar-refractivity contribution in [3.8, 4) is 0 Å². The zero-order valence-corrected chi connectivity index (χ0v) is 6.96. The third-order valence-electron chi connectivity index (χ3n) is 0. The van der Waals surface area contributed by atoms with E-state index in [1.807, 2.05) is 0 Å². The van der Waals surface area contributed by atoms with Crippen molar-refractivity contribution >= 4 is 90.0 Å². The van der Waals surface area contributed by atoms with Gasteiger partial charge in [-0.05, 0) is 0 Å². The average Bonchev–Trinajstić information content (AvgIpc) is 0. The van der Waals surface area contributed by atoms with Crippen LogP contribution in [-0.2, 0) is 21.7 Å². The summed E-state index contributed by atoms with van der Waals surface area (Å²) in [4.78, 5) is 0. The molecule has 7 heavy (non-hydrogen) atoms. The van der Waals surface area contributed by atoms with Crippen molar-refractivity contribution in [2.75, 3.05) is 0 Å². The van der Waals surface area contributed by atoms with Gasteiger partial charge in [0.2, 0.25) is 0 Å². The summed E-state index contributed by atoms with van der Waals surface area (Å²) in [5, 5.41) is 0. The fraction of sp³-hybridized carbons (Fsp3) is 0. The average molecular weight is 250 g/mol. The summed E-state index contributed by atoms with van der Waals surface area (Å²) in [7, 11) is 0. The van der Waals surface area contributed by atoms with Crippen molar-refractivity contribution in [3.05, 3.63) is 0 Å². The number of rotatable bonds is 0. The smallest absolute Gasteiger partial charge is 0.147 e. The molecule has 46 valence electrons. The molecule has 0 aliphatic heterocycles. The van der Waals surface area contributed by atoms with Gasteiger partial charge in [-0.1, -0.05) is 0 Å². The van der Waals surface area contributed by atoms with Gasteiger partial charge in [-0.2, -0.15) is 0 Å². The topological polar surface area (TPSA) is 0 Å². The predicted molar refractivity (Wildman–Crippen MR) is 47.5 cm³/mol. The van der Waals surface area contributed by atoms with Gasteiger partial charge < -0.3 is 0 Å². The molecule has 0 unspecified atom stereocenters. The molecule has 0 heterocycles. The Bertz CT molecular complexity index is 11.7. The largest absolute Gasteiger partial charge is 0.316 e. The Morgan fingerprint density at radius 3 is 0.571 bits per heavy atom. The van der Waals surface area contributed by atoms with Crippen molar-refractivity contribution in [1.82, 2.24) is 0 Å². The van der Waals surface area contributed by atoms with Gasteiger partial charge in [0.15, 0.2) is 17.4 Å². The maximum Gasteiger partial charge on any atom is 0.316 e. The van der Waals surface area contributed by atoms with Crippen LogP contribution < -0.4 is 0 Å². The Balaban J connectivity index is 0. The molecule has 7 heteroatoms. The number of hydrogen-bond donors (Lipinski definition) is 0. The zero-order chi connectivity index (χ0) is 0. The number of hydrogen-bond acceptors (Lipinski definition) is 0. The van der Waals surface area contributed by atoms with Crippen LogP contribution >= 0.6 is 49.6 Å². The van der Waals surface area contributed by atoms with E-state index in [-0.39, 0.29) is 112 Å². The molecule has 0 atom stereocenters. The van der Waals surface area contributed by atoms with Crippen molar-refractivity contribution in [3.63, 3.8) is 0 Å². The van der Waals surface area contributed by atoms with Gasteiger partial charge in [0.1, 0.15) is 0 Å². The van der Waals surface area contributed by atoms with Crippen LogP contribution in [0.4, 0.5) is 0 Å². The second kappa shape index (κ2) is 60.9. The van der Waals surface area contributed by atoms with E-state index in [0.717, 1.165) is 0 Å². The Hall–Kier alpha value is 3.17. The van der Waals surface area contributed by atoms with Crippen molar-refractivity contribution < 1.29 is 21.7 Å². The second-order valence-corrected chi connectivity index (χ2v) is 0. The van der Waals surface area contributed by atoms with Crippen molar-refractivity contribution in [2.45, 2.75) is 0 Å². The molecule has 0 N–H and O–H groups in total. The SMILES string of the molecule is Cl.Cl.Cl.Cl.[AlH3].[MgH2].[Ti]. The maximum absolute atomic E-state index is 0. The van der Waals surface area contributed by atoms with E-state index in [1.54, 1.807) is 0 Å². The van der Waals surface area contributed by atoms with Gasteiger partial charge in [0.05, 0.1) is 0 Å². The van der Waals surface area contributed by atoms with Crippen LogP contribution in [0.25, 0.3) is 0 Å². The fourth-order valence-electron chi connectivity index (χ4n) is 0. The minimum atomic E-state index is 0. The Kier molecular flexibility index (Phi) is 739. The molecule has 0 radical (unpaired) electrons. The summed E-state index contributed by atoms with van der Waals surface area (Å²) in [5.41, 5.74) is 0. The van der Waals surface area contributed by atoms with Crippen LogP contribution in [0.5, 0.6) is 0 Å². The molecule has 0 nitrogen and oxygen atoms in total. The molecule has 0 aromatic heterocycles. The Morgan fingerprint density at radius 1 is 0.571 bits per heavy atom. The standard InChI is InChI=1S/Al.4ClH.Mg.Ti.5H/h;4*1H;;;;;;;. The van der Waals surface area contributed by atoms with Crippen LogP contribution in [0.3, 0.4) is 0 Å². The molecule has 0 saturated carbocycles. The Morgan fingerprint density at radius 2 is 0.571 bits per heavy atom. The first-order chi connectivity index (χ1) is 0. The van der Waals surface area contributed by atoms with Crippen molar-refractivity contribution in [1.29, 1.82) is 0 Å². The Labute approximate surface area is 110 Å². The molecule has 0 aliphatic carbocycles. The zero-order valence-electron chi connectivity index (χ0n) is 2.13.